The minimum Gasteiger partial charge on any atom is -0.491 e. The molecule has 0 bridgehead atoms. The summed E-state index contributed by atoms with van der Waals surface area (Å²) in [5, 5.41) is 2.63. The third-order valence-corrected chi connectivity index (χ3v) is 3.20. The molecule has 1 aromatic rings. The number of hydrogen-bond acceptors (Lipinski definition) is 6. The minimum atomic E-state index is -0.810. The number of carbonyl (C=O) groups is 2. The van der Waals surface area contributed by atoms with Gasteiger partial charge in [-0.25, -0.2) is 4.79 Å². The Morgan fingerprint density at radius 3 is 2.58 bits per heavy atom. The summed E-state index contributed by atoms with van der Waals surface area (Å²) in [5.74, 6) is -0.251. The summed E-state index contributed by atoms with van der Waals surface area (Å²) < 4.78 is 20.4. The lowest BCUT2D eigenvalue weighted by molar-refractivity contribution is -0.145. The van der Waals surface area contributed by atoms with Crippen LogP contribution in [0.3, 0.4) is 0 Å². The number of esters is 1. The predicted molar refractivity (Wildman–Crippen MR) is 88.0 cm³/mol. The third-order valence-electron chi connectivity index (χ3n) is 3.20. The number of amides is 1. The molecule has 1 N–H and O–H groups in total. The van der Waals surface area contributed by atoms with Gasteiger partial charge in [0.15, 0.2) is 0 Å². The second-order valence-electron chi connectivity index (χ2n) is 4.93. The van der Waals surface area contributed by atoms with Crippen LogP contribution in [-0.2, 0) is 30.2 Å². The molecular weight excluding hydrogens is 314 g/mol. The van der Waals surface area contributed by atoms with Crippen molar-refractivity contribution in [1.82, 2.24) is 5.32 Å². The van der Waals surface area contributed by atoms with Gasteiger partial charge < -0.3 is 24.3 Å². The number of ether oxygens (including phenoxy) is 4. The van der Waals surface area contributed by atoms with E-state index in [4.69, 9.17) is 18.9 Å². The molecule has 24 heavy (non-hydrogen) atoms. The summed E-state index contributed by atoms with van der Waals surface area (Å²) in [4.78, 5) is 23.8. The molecule has 0 saturated heterocycles. The van der Waals surface area contributed by atoms with Gasteiger partial charge in [0, 0.05) is 20.1 Å². The molecule has 134 valence electrons. The molecule has 1 rings (SSSR count). The van der Waals surface area contributed by atoms with Gasteiger partial charge in [0.05, 0.1) is 13.7 Å². The second kappa shape index (κ2) is 11.4. The summed E-state index contributed by atoms with van der Waals surface area (Å²) >= 11 is 0. The summed E-state index contributed by atoms with van der Waals surface area (Å²) in [7, 11) is 2.88. The molecule has 0 aliphatic carbocycles. The van der Waals surface area contributed by atoms with Gasteiger partial charge in [-0.1, -0.05) is 18.2 Å². The van der Waals surface area contributed by atoms with Crippen molar-refractivity contribution >= 4 is 11.9 Å². The van der Waals surface area contributed by atoms with E-state index in [9.17, 15) is 9.59 Å². The molecule has 0 spiro atoms. The zero-order valence-electron chi connectivity index (χ0n) is 14.4. The fourth-order valence-corrected chi connectivity index (χ4v) is 2.03. The van der Waals surface area contributed by atoms with Crippen LogP contribution in [0.2, 0.25) is 0 Å². The largest absolute Gasteiger partial charge is 0.491 e. The summed E-state index contributed by atoms with van der Waals surface area (Å²) in [6.45, 7) is 2.97. The van der Waals surface area contributed by atoms with E-state index in [-0.39, 0.29) is 18.9 Å². The maximum absolute atomic E-state index is 12.0. The molecule has 7 nitrogen and oxygen atoms in total. The summed E-state index contributed by atoms with van der Waals surface area (Å²) in [6, 6.07) is 6.52. The van der Waals surface area contributed by atoms with Crippen molar-refractivity contribution in [3.05, 3.63) is 29.8 Å². The van der Waals surface area contributed by atoms with Crippen molar-refractivity contribution < 1.29 is 28.5 Å². The van der Waals surface area contributed by atoms with E-state index in [1.165, 1.54) is 7.11 Å². The van der Waals surface area contributed by atoms with Gasteiger partial charge in [-0.05, 0) is 18.6 Å². The monoisotopic (exact) mass is 339 g/mol. The van der Waals surface area contributed by atoms with Gasteiger partial charge in [0.1, 0.15) is 25.0 Å². The molecule has 0 unspecified atom stereocenters. The first-order valence-electron chi connectivity index (χ1n) is 7.76. The van der Waals surface area contributed by atoms with Gasteiger partial charge in [-0.2, -0.15) is 0 Å². The van der Waals surface area contributed by atoms with Gasteiger partial charge >= 0.3 is 5.97 Å². The van der Waals surface area contributed by atoms with E-state index in [2.05, 4.69) is 5.32 Å². The first kappa shape index (κ1) is 19.9. The van der Waals surface area contributed by atoms with Crippen LogP contribution in [0.1, 0.15) is 12.5 Å². The molecule has 0 saturated carbocycles. The molecule has 0 heterocycles. The van der Waals surface area contributed by atoms with Crippen LogP contribution in [0.25, 0.3) is 0 Å². The Morgan fingerprint density at radius 2 is 1.92 bits per heavy atom. The van der Waals surface area contributed by atoms with E-state index >= 15 is 0 Å². The summed E-state index contributed by atoms with van der Waals surface area (Å²) in [6.07, 6.45) is 0.258. The molecule has 0 aromatic heterocycles. The molecule has 1 atom stereocenters. The third kappa shape index (κ3) is 6.97. The van der Waals surface area contributed by atoms with Crippen molar-refractivity contribution in [2.45, 2.75) is 19.4 Å². The van der Waals surface area contributed by atoms with E-state index < -0.39 is 12.0 Å². The predicted octanol–water partition coefficient (Wildman–Crippen LogP) is 0.949. The normalized spacial score (nSPS) is 11.6. The Labute approximate surface area is 142 Å². The number of benzene rings is 1. The van der Waals surface area contributed by atoms with Gasteiger partial charge in [0.2, 0.25) is 5.91 Å². The lowest BCUT2D eigenvalue weighted by Gasteiger charge is -2.18. The van der Waals surface area contributed by atoms with E-state index in [0.717, 1.165) is 5.56 Å². The van der Waals surface area contributed by atoms with Crippen molar-refractivity contribution in [3.63, 3.8) is 0 Å². The molecule has 0 aliphatic heterocycles. The smallest absolute Gasteiger partial charge is 0.328 e. The van der Waals surface area contributed by atoms with Crippen molar-refractivity contribution in [1.29, 1.82) is 0 Å². The van der Waals surface area contributed by atoms with Crippen LogP contribution in [0.5, 0.6) is 5.75 Å². The first-order valence-corrected chi connectivity index (χ1v) is 7.76. The fraction of sp³-hybridized carbons (Fsp3) is 0.529. The van der Waals surface area contributed by atoms with Crippen LogP contribution in [0.15, 0.2) is 24.3 Å². The average molecular weight is 339 g/mol. The molecule has 0 radical (unpaired) electrons. The van der Waals surface area contributed by atoms with Crippen LogP contribution in [0, 0.1) is 0 Å². The maximum atomic E-state index is 12.0. The molecule has 1 aromatic carbocycles. The zero-order chi connectivity index (χ0) is 17.8. The Balaban J connectivity index is 2.79. The standard InChI is InChI=1S/C17H25NO6/c1-4-23-12-16(19)18-14(17(20)22-3)11-13-7-5-6-8-15(13)24-10-9-21-2/h5-8,14H,4,9-12H2,1-3H3,(H,18,19)/t14-/m0/s1. The highest BCUT2D eigenvalue weighted by atomic mass is 16.5. The van der Waals surface area contributed by atoms with Crippen molar-refractivity contribution in [3.8, 4) is 5.75 Å². The Hall–Kier alpha value is -2.12. The molecule has 0 fully saturated rings. The summed E-state index contributed by atoms with van der Waals surface area (Å²) in [5.41, 5.74) is 0.792. The number of para-hydroxylation sites is 1. The number of methoxy groups -OCH3 is 2. The number of carbonyl (C=O) groups excluding carboxylic acids is 2. The quantitative estimate of drug-likeness (QED) is 0.477. The zero-order valence-corrected chi connectivity index (χ0v) is 14.4. The van der Waals surface area contributed by atoms with Gasteiger partial charge in [0.25, 0.3) is 0 Å². The highest BCUT2D eigenvalue weighted by Gasteiger charge is 2.23. The minimum absolute atomic E-state index is 0.101. The molecular formula is C17H25NO6. The first-order chi connectivity index (χ1) is 11.6. The Bertz CT molecular complexity index is 520. The van der Waals surface area contributed by atoms with Crippen molar-refractivity contribution in [2.75, 3.05) is 40.6 Å². The highest BCUT2D eigenvalue weighted by Crippen LogP contribution is 2.20. The highest BCUT2D eigenvalue weighted by molar-refractivity contribution is 5.85. The van der Waals surface area contributed by atoms with Crippen LogP contribution < -0.4 is 10.1 Å². The van der Waals surface area contributed by atoms with Crippen LogP contribution in [0.4, 0.5) is 0 Å². The van der Waals surface area contributed by atoms with E-state index in [1.807, 2.05) is 18.2 Å². The number of nitrogens with one attached hydrogen (secondary N) is 1. The Morgan fingerprint density at radius 1 is 1.17 bits per heavy atom. The van der Waals surface area contributed by atoms with Gasteiger partial charge in [-0.3, -0.25) is 4.79 Å². The maximum Gasteiger partial charge on any atom is 0.328 e. The number of hydrogen-bond donors (Lipinski definition) is 1. The Kier molecular flexibility index (Phi) is 9.48. The lowest BCUT2D eigenvalue weighted by Crippen LogP contribution is -2.44. The van der Waals surface area contributed by atoms with E-state index in [0.29, 0.717) is 25.6 Å². The SMILES string of the molecule is CCOCC(=O)N[C@@H](Cc1ccccc1OCCOC)C(=O)OC. The van der Waals surface area contributed by atoms with Crippen LogP contribution in [-0.4, -0.2) is 58.6 Å². The number of rotatable bonds is 11. The second-order valence-corrected chi connectivity index (χ2v) is 4.93. The lowest BCUT2D eigenvalue weighted by atomic mass is 10.0. The molecule has 7 heteroatoms. The average Bonchev–Trinajstić information content (AvgIpc) is 2.60. The topological polar surface area (TPSA) is 83.1 Å². The molecule has 0 aliphatic rings. The van der Waals surface area contributed by atoms with Gasteiger partial charge in [-0.15, -0.1) is 0 Å². The van der Waals surface area contributed by atoms with Crippen LogP contribution >= 0.6 is 0 Å². The molecule has 1 amide bonds. The van der Waals surface area contributed by atoms with E-state index in [1.54, 1.807) is 20.1 Å². The fourth-order valence-electron chi connectivity index (χ4n) is 2.03. The van der Waals surface area contributed by atoms with Crippen molar-refractivity contribution in [2.24, 2.45) is 0 Å².